The standard InChI is InChI=1S/C36H36N4O4S/c1-24-32(23-45-36-38-18-19-40(36)2)43-35(44-33(24)27-11-9-25(22-41)10-12-27)28-15-13-26(14-16-28)31-8-4-3-6-29(31)21-39-34(42)30-7-5-17-37-20-30/h3-20,24,32-33,35,41H,21-23H2,1-2H3,(H,39,42). The van der Waals surface area contributed by atoms with E-state index in [0.29, 0.717) is 12.1 Å². The number of thioether (sulfide) groups is 1. The molecule has 9 heteroatoms. The van der Waals surface area contributed by atoms with Crippen molar-refractivity contribution in [3.05, 3.63) is 138 Å². The zero-order valence-electron chi connectivity index (χ0n) is 25.2. The van der Waals surface area contributed by atoms with Crippen molar-refractivity contribution in [3.8, 4) is 11.1 Å². The molecule has 8 nitrogen and oxygen atoms in total. The molecule has 3 aromatic carbocycles. The Bertz CT molecular complexity index is 1710. The average Bonchev–Trinajstić information content (AvgIpc) is 3.51. The lowest BCUT2D eigenvalue weighted by Gasteiger charge is -2.41. The minimum atomic E-state index is -0.557. The number of aliphatic hydroxyl groups excluding tert-OH is 1. The van der Waals surface area contributed by atoms with Gasteiger partial charge >= 0.3 is 0 Å². The van der Waals surface area contributed by atoms with Crippen LogP contribution in [-0.4, -0.2) is 37.4 Å². The van der Waals surface area contributed by atoms with Crippen molar-refractivity contribution in [3.63, 3.8) is 0 Å². The number of aliphatic hydroxyl groups is 1. The highest BCUT2D eigenvalue weighted by atomic mass is 32.2. The van der Waals surface area contributed by atoms with Crippen LogP contribution in [0.3, 0.4) is 0 Å². The van der Waals surface area contributed by atoms with Crippen molar-refractivity contribution in [2.45, 2.75) is 43.7 Å². The molecule has 0 spiro atoms. The molecule has 2 aromatic heterocycles. The van der Waals surface area contributed by atoms with Crippen LogP contribution in [0.25, 0.3) is 11.1 Å². The molecule has 0 aliphatic carbocycles. The Kier molecular flexibility index (Phi) is 9.71. The SMILES string of the molecule is CC1C(CSc2nccn2C)OC(c2ccc(-c3ccccc3CNC(=O)c3cccnc3)cc2)OC1c1ccc(CO)cc1. The Morgan fingerprint density at radius 2 is 1.73 bits per heavy atom. The molecule has 1 fully saturated rings. The second kappa shape index (κ2) is 14.2. The number of nitrogens with zero attached hydrogens (tertiary/aromatic N) is 3. The second-order valence-electron chi connectivity index (χ2n) is 11.2. The van der Waals surface area contributed by atoms with Gasteiger partial charge in [-0.1, -0.05) is 91.5 Å². The molecule has 45 heavy (non-hydrogen) atoms. The van der Waals surface area contributed by atoms with Crippen molar-refractivity contribution in [1.82, 2.24) is 19.9 Å². The minimum absolute atomic E-state index is 0.00236. The van der Waals surface area contributed by atoms with Gasteiger partial charge in [-0.05, 0) is 39.9 Å². The van der Waals surface area contributed by atoms with Gasteiger partial charge in [0.2, 0.25) is 0 Å². The first-order valence-electron chi connectivity index (χ1n) is 15.0. The number of benzene rings is 3. The molecule has 5 aromatic rings. The fourth-order valence-corrected chi connectivity index (χ4v) is 6.60. The van der Waals surface area contributed by atoms with Gasteiger partial charge < -0.3 is 24.5 Å². The van der Waals surface area contributed by atoms with Gasteiger partial charge in [-0.2, -0.15) is 0 Å². The van der Waals surface area contributed by atoms with Crippen molar-refractivity contribution in [2.75, 3.05) is 5.75 Å². The number of carbonyl (C=O) groups excluding carboxylic acids is 1. The Morgan fingerprint density at radius 3 is 2.44 bits per heavy atom. The van der Waals surface area contributed by atoms with Gasteiger partial charge in [0.15, 0.2) is 11.4 Å². The Labute approximate surface area is 267 Å². The van der Waals surface area contributed by atoms with Crippen molar-refractivity contribution >= 4 is 17.7 Å². The second-order valence-corrected chi connectivity index (χ2v) is 12.1. The number of carbonyl (C=O) groups is 1. The number of hydrogen-bond acceptors (Lipinski definition) is 7. The minimum Gasteiger partial charge on any atom is -0.392 e. The topological polar surface area (TPSA) is 98.5 Å². The van der Waals surface area contributed by atoms with Crippen LogP contribution in [-0.2, 0) is 29.7 Å². The van der Waals surface area contributed by atoms with Gasteiger partial charge in [0.1, 0.15) is 0 Å². The summed E-state index contributed by atoms with van der Waals surface area (Å²) in [6, 6.07) is 27.8. The number of aromatic nitrogens is 3. The highest BCUT2D eigenvalue weighted by Gasteiger charge is 2.38. The number of imidazole rings is 1. The fraction of sp³-hybridized carbons (Fsp3) is 0.250. The number of aryl methyl sites for hydroxylation is 1. The number of rotatable bonds is 10. The maximum atomic E-state index is 12.6. The predicted octanol–water partition coefficient (Wildman–Crippen LogP) is 6.49. The molecule has 6 rings (SSSR count). The van der Waals surface area contributed by atoms with Gasteiger partial charge in [-0.25, -0.2) is 4.98 Å². The molecular weight excluding hydrogens is 584 g/mol. The molecule has 3 heterocycles. The lowest BCUT2D eigenvalue weighted by Crippen LogP contribution is -2.38. The van der Waals surface area contributed by atoms with Crippen LogP contribution < -0.4 is 5.32 Å². The third-order valence-corrected chi connectivity index (χ3v) is 9.30. The number of hydrogen-bond donors (Lipinski definition) is 2. The van der Waals surface area contributed by atoms with Crippen molar-refractivity contribution in [1.29, 1.82) is 0 Å². The molecule has 0 radical (unpaired) electrons. The number of amides is 1. The van der Waals surface area contributed by atoms with Crippen LogP contribution in [0.4, 0.5) is 0 Å². The first kappa shape index (κ1) is 30.7. The zero-order chi connectivity index (χ0) is 31.2. The summed E-state index contributed by atoms with van der Waals surface area (Å²) < 4.78 is 15.3. The van der Waals surface area contributed by atoms with Crippen LogP contribution in [0.1, 0.15) is 51.9 Å². The van der Waals surface area contributed by atoms with E-state index in [-0.39, 0.29) is 30.6 Å². The molecule has 2 N–H and O–H groups in total. The highest BCUT2D eigenvalue weighted by Crippen LogP contribution is 2.43. The van der Waals surface area contributed by atoms with Gasteiger partial charge in [-0.15, -0.1) is 0 Å². The van der Waals surface area contributed by atoms with E-state index in [1.165, 1.54) is 0 Å². The summed E-state index contributed by atoms with van der Waals surface area (Å²) in [6.45, 7) is 2.56. The Hall–Kier alpha value is -4.28. The van der Waals surface area contributed by atoms with E-state index < -0.39 is 6.29 Å². The third-order valence-electron chi connectivity index (χ3n) is 8.15. The number of pyridine rings is 1. The lowest BCUT2D eigenvalue weighted by molar-refractivity contribution is -0.268. The van der Waals surface area contributed by atoms with E-state index in [9.17, 15) is 9.90 Å². The van der Waals surface area contributed by atoms with Crippen LogP contribution >= 0.6 is 11.8 Å². The first-order chi connectivity index (χ1) is 22.0. The largest absolute Gasteiger partial charge is 0.392 e. The quantitative estimate of drug-likeness (QED) is 0.172. The highest BCUT2D eigenvalue weighted by molar-refractivity contribution is 7.99. The summed E-state index contributed by atoms with van der Waals surface area (Å²) in [6.07, 6.45) is 6.13. The van der Waals surface area contributed by atoms with E-state index in [0.717, 1.165) is 44.3 Å². The monoisotopic (exact) mass is 620 g/mol. The van der Waals surface area contributed by atoms with E-state index >= 15 is 0 Å². The Morgan fingerprint density at radius 1 is 0.956 bits per heavy atom. The molecule has 1 aliphatic rings. The maximum Gasteiger partial charge on any atom is 0.253 e. The summed E-state index contributed by atoms with van der Waals surface area (Å²) in [5.74, 6) is 0.653. The Balaban J connectivity index is 1.21. The lowest BCUT2D eigenvalue weighted by atomic mass is 9.91. The zero-order valence-corrected chi connectivity index (χ0v) is 26.1. The number of nitrogens with one attached hydrogen (secondary N) is 1. The normalized spacial score (nSPS) is 19.7. The summed E-state index contributed by atoms with van der Waals surface area (Å²) >= 11 is 1.68. The van der Waals surface area contributed by atoms with Crippen LogP contribution in [0.5, 0.6) is 0 Å². The number of ether oxygens (including phenoxy) is 2. The van der Waals surface area contributed by atoms with Crippen LogP contribution in [0.2, 0.25) is 0 Å². The van der Waals surface area contributed by atoms with Gasteiger partial charge in [0, 0.05) is 55.6 Å². The maximum absolute atomic E-state index is 12.6. The molecule has 1 amide bonds. The third kappa shape index (κ3) is 7.18. The molecule has 4 atom stereocenters. The van der Waals surface area contributed by atoms with E-state index in [2.05, 4.69) is 52.5 Å². The van der Waals surface area contributed by atoms with Gasteiger partial charge in [0.05, 0.1) is 24.4 Å². The van der Waals surface area contributed by atoms with Crippen LogP contribution in [0.15, 0.2) is 115 Å². The van der Waals surface area contributed by atoms with E-state index in [1.807, 2.05) is 60.3 Å². The molecule has 1 aliphatic heterocycles. The summed E-state index contributed by atoms with van der Waals surface area (Å²) in [4.78, 5) is 21.1. The first-order valence-corrected chi connectivity index (χ1v) is 16.0. The molecule has 1 saturated heterocycles. The molecule has 0 saturated carbocycles. The van der Waals surface area contributed by atoms with Gasteiger partial charge in [-0.3, -0.25) is 9.78 Å². The van der Waals surface area contributed by atoms with E-state index in [4.69, 9.17) is 9.47 Å². The smallest absolute Gasteiger partial charge is 0.253 e. The fourth-order valence-electron chi connectivity index (χ4n) is 5.51. The van der Waals surface area contributed by atoms with Crippen LogP contribution in [0, 0.1) is 5.92 Å². The summed E-state index contributed by atoms with van der Waals surface area (Å²) in [5, 5.41) is 13.5. The summed E-state index contributed by atoms with van der Waals surface area (Å²) in [5.41, 5.74) is 6.47. The van der Waals surface area contributed by atoms with Gasteiger partial charge in [0.25, 0.3) is 5.91 Å². The molecular formula is C36H36N4O4S. The summed E-state index contributed by atoms with van der Waals surface area (Å²) in [7, 11) is 1.99. The van der Waals surface area contributed by atoms with E-state index in [1.54, 1.807) is 42.5 Å². The predicted molar refractivity (Wildman–Crippen MR) is 174 cm³/mol. The van der Waals surface area contributed by atoms with Crippen molar-refractivity contribution < 1.29 is 19.4 Å². The average molecular weight is 621 g/mol. The molecule has 0 bridgehead atoms. The molecule has 230 valence electrons. The molecule has 4 unspecified atom stereocenters. The van der Waals surface area contributed by atoms with Crippen molar-refractivity contribution in [2.24, 2.45) is 13.0 Å².